The molecule has 0 radical (unpaired) electrons. The third-order valence-electron chi connectivity index (χ3n) is 4.69. The molecule has 0 bridgehead atoms. The molecule has 148 valence electrons. The number of anilines is 1. The number of carbonyl (C=O) groups is 2. The molecular weight excluding hydrogens is 408 g/mol. The summed E-state index contributed by atoms with van der Waals surface area (Å²) in [6.07, 6.45) is 0.725. The lowest BCUT2D eigenvalue weighted by Gasteiger charge is -2.25. The van der Waals surface area contributed by atoms with Gasteiger partial charge in [0.25, 0.3) is 11.8 Å². The van der Waals surface area contributed by atoms with Crippen LogP contribution in [0.25, 0.3) is 0 Å². The summed E-state index contributed by atoms with van der Waals surface area (Å²) in [4.78, 5) is 25.8. The van der Waals surface area contributed by atoms with Crippen LogP contribution in [0, 0.1) is 6.92 Å². The average molecular weight is 427 g/mol. The highest BCUT2D eigenvalue weighted by Crippen LogP contribution is 2.29. The van der Waals surface area contributed by atoms with Crippen molar-refractivity contribution in [3.05, 3.63) is 81.2 Å². The number of amides is 2. The van der Waals surface area contributed by atoms with Crippen LogP contribution in [0.4, 0.5) is 5.00 Å². The lowest BCUT2D eigenvalue weighted by molar-refractivity contribution is 0.0918. The van der Waals surface area contributed by atoms with Crippen LogP contribution in [0.15, 0.2) is 54.6 Å². The highest BCUT2D eigenvalue weighted by Gasteiger charge is 2.23. The SMILES string of the molecule is Cc1cc(NC(=O)c2ccccc2Cl)sc1C(=O)NC1COc2ccccc2C1. The van der Waals surface area contributed by atoms with Crippen LogP contribution in [0.2, 0.25) is 5.02 Å². The van der Waals surface area contributed by atoms with Crippen molar-refractivity contribution in [2.75, 3.05) is 11.9 Å². The summed E-state index contributed by atoms with van der Waals surface area (Å²) in [5, 5.41) is 6.84. The number of fused-ring (bicyclic) bond motifs is 1. The van der Waals surface area contributed by atoms with E-state index in [0.717, 1.165) is 23.3 Å². The second-order valence-corrected chi connectivity index (χ2v) is 8.31. The van der Waals surface area contributed by atoms with E-state index in [1.54, 1.807) is 30.3 Å². The van der Waals surface area contributed by atoms with Crippen LogP contribution in [0.5, 0.6) is 5.75 Å². The first-order valence-electron chi connectivity index (χ1n) is 9.19. The molecule has 0 saturated carbocycles. The fourth-order valence-electron chi connectivity index (χ4n) is 3.27. The van der Waals surface area contributed by atoms with Gasteiger partial charge in [0.1, 0.15) is 12.4 Å². The zero-order chi connectivity index (χ0) is 20.4. The fraction of sp³-hybridized carbons (Fsp3) is 0.182. The van der Waals surface area contributed by atoms with Gasteiger partial charge in [0.05, 0.1) is 26.5 Å². The van der Waals surface area contributed by atoms with Crippen molar-refractivity contribution in [3.63, 3.8) is 0 Å². The number of halogens is 1. The molecule has 2 heterocycles. The largest absolute Gasteiger partial charge is 0.491 e. The number of aryl methyl sites for hydroxylation is 1. The van der Waals surface area contributed by atoms with E-state index in [2.05, 4.69) is 10.6 Å². The second kappa shape index (κ2) is 8.27. The Balaban J connectivity index is 1.43. The van der Waals surface area contributed by atoms with Gasteiger partial charge in [0.15, 0.2) is 0 Å². The van der Waals surface area contributed by atoms with Crippen molar-refractivity contribution < 1.29 is 14.3 Å². The average Bonchev–Trinajstić information content (AvgIpc) is 3.08. The van der Waals surface area contributed by atoms with Gasteiger partial charge in [0, 0.05) is 0 Å². The van der Waals surface area contributed by atoms with E-state index >= 15 is 0 Å². The van der Waals surface area contributed by atoms with Gasteiger partial charge in [-0.2, -0.15) is 0 Å². The molecule has 7 heteroatoms. The number of para-hydroxylation sites is 1. The number of thiophene rings is 1. The molecule has 4 rings (SSSR count). The molecule has 0 saturated heterocycles. The summed E-state index contributed by atoms with van der Waals surface area (Å²) in [6, 6.07) is 16.4. The van der Waals surface area contributed by atoms with Crippen molar-refractivity contribution in [1.29, 1.82) is 0 Å². The molecule has 2 amide bonds. The number of nitrogens with one attached hydrogen (secondary N) is 2. The first kappa shape index (κ1) is 19.5. The predicted octanol–water partition coefficient (Wildman–Crippen LogP) is 4.70. The number of hydrogen-bond acceptors (Lipinski definition) is 4. The molecule has 0 spiro atoms. The van der Waals surface area contributed by atoms with E-state index in [-0.39, 0.29) is 17.9 Å². The van der Waals surface area contributed by atoms with Crippen LogP contribution in [0.3, 0.4) is 0 Å². The number of hydrogen-bond donors (Lipinski definition) is 2. The van der Waals surface area contributed by atoms with Crippen molar-refractivity contribution in [3.8, 4) is 5.75 Å². The minimum absolute atomic E-state index is 0.0972. The zero-order valence-electron chi connectivity index (χ0n) is 15.7. The Morgan fingerprint density at radius 1 is 1.10 bits per heavy atom. The highest BCUT2D eigenvalue weighted by molar-refractivity contribution is 7.18. The molecule has 2 N–H and O–H groups in total. The van der Waals surface area contributed by atoms with Gasteiger partial charge in [-0.15, -0.1) is 11.3 Å². The lowest BCUT2D eigenvalue weighted by Crippen LogP contribution is -2.42. The lowest BCUT2D eigenvalue weighted by atomic mass is 10.0. The van der Waals surface area contributed by atoms with Crippen LogP contribution in [-0.2, 0) is 6.42 Å². The minimum atomic E-state index is -0.305. The molecule has 29 heavy (non-hydrogen) atoms. The number of rotatable bonds is 4. The Labute approximate surface area is 177 Å². The Morgan fingerprint density at radius 2 is 1.86 bits per heavy atom. The second-order valence-electron chi connectivity index (χ2n) is 6.85. The third kappa shape index (κ3) is 4.28. The van der Waals surface area contributed by atoms with E-state index in [1.807, 2.05) is 31.2 Å². The molecule has 0 fully saturated rings. The topological polar surface area (TPSA) is 67.4 Å². The van der Waals surface area contributed by atoms with Crippen molar-refractivity contribution in [1.82, 2.24) is 5.32 Å². The van der Waals surface area contributed by atoms with Crippen LogP contribution >= 0.6 is 22.9 Å². The minimum Gasteiger partial charge on any atom is -0.491 e. The van der Waals surface area contributed by atoms with Gasteiger partial charge in [0.2, 0.25) is 0 Å². The number of benzene rings is 2. The van der Waals surface area contributed by atoms with Crippen molar-refractivity contribution >= 4 is 39.8 Å². The van der Waals surface area contributed by atoms with Gasteiger partial charge in [-0.1, -0.05) is 41.9 Å². The Hall–Kier alpha value is -2.83. The zero-order valence-corrected chi connectivity index (χ0v) is 17.3. The van der Waals surface area contributed by atoms with Crippen LogP contribution in [-0.4, -0.2) is 24.5 Å². The van der Waals surface area contributed by atoms with Gasteiger partial charge >= 0.3 is 0 Å². The van der Waals surface area contributed by atoms with Crippen molar-refractivity contribution in [2.45, 2.75) is 19.4 Å². The molecule has 3 aromatic rings. The Morgan fingerprint density at radius 3 is 2.69 bits per heavy atom. The van der Waals surface area contributed by atoms with E-state index in [0.29, 0.717) is 27.1 Å². The molecule has 1 unspecified atom stereocenters. The smallest absolute Gasteiger partial charge is 0.262 e. The molecule has 5 nitrogen and oxygen atoms in total. The molecule has 1 aliphatic rings. The maximum Gasteiger partial charge on any atom is 0.262 e. The quantitative estimate of drug-likeness (QED) is 0.635. The van der Waals surface area contributed by atoms with E-state index in [4.69, 9.17) is 16.3 Å². The summed E-state index contributed by atoms with van der Waals surface area (Å²) in [6.45, 7) is 2.28. The molecular formula is C22H19ClN2O3S. The van der Waals surface area contributed by atoms with Crippen molar-refractivity contribution in [2.24, 2.45) is 0 Å². The first-order chi connectivity index (χ1) is 14.0. The monoisotopic (exact) mass is 426 g/mol. The number of carbonyl (C=O) groups excluding carboxylic acids is 2. The standard InChI is InChI=1S/C22H19ClN2O3S/c1-13-10-19(25-21(26)16-7-3-4-8-17(16)23)29-20(13)22(27)24-15-11-14-6-2-5-9-18(14)28-12-15/h2-10,15H,11-12H2,1H3,(H,24,27)(H,25,26). The van der Waals surface area contributed by atoms with Crippen LogP contribution < -0.4 is 15.4 Å². The van der Waals surface area contributed by atoms with E-state index in [1.165, 1.54) is 11.3 Å². The summed E-state index contributed by atoms with van der Waals surface area (Å²) < 4.78 is 5.74. The van der Waals surface area contributed by atoms with Gasteiger partial charge < -0.3 is 15.4 Å². The van der Waals surface area contributed by atoms with E-state index in [9.17, 15) is 9.59 Å². The fourth-order valence-corrected chi connectivity index (χ4v) is 4.46. The molecule has 2 aromatic carbocycles. The molecule has 1 atom stereocenters. The Bertz CT molecular complexity index is 1080. The van der Waals surface area contributed by atoms with E-state index < -0.39 is 0 Å². The Kier molecular flexibility index (Phi) is 5.56. The third-order valence-corrected chi connectivity index (χ3v) is 6.17. The summed E-state index contributed by atoms with van der Waals surface area (Å²) >= 11 is 7.33. The molecule has 1 aliphatic heterocycles. The highest BCUT2D eigenvalue weighted by atomic mass is 35.5. The molecule has 0 aliphatic carbocycles. The van der Waals surface area contributed by atoms with Crippen LogP contribution in [0.1, 0.15) is 31.2 Å². The summed E-state index contributed by atoms with van der Waals surface area (Å²) in [5.74, 6) is 0.398. The maximum absolute atomic E-state index is 12.8. The van der Waals surface area contributed by atoms with Gasteiger partial charge in [-0.25, -0.2) is 0 Å². The summed E-state index contributed by atoms with van der Waals surface area (Å²) in [5.41, 5.74) is 2.28. The normalized spacial score (nSPS) is 15.2. The molecule has 1 aromatic heterocycles. The van der Waals surface area contributed by atoms with Gasteiger partial charge in [-0.05, 0) is 48.7 Å². The summed E-state index contributed by atoms with van der Waals surface area (Å²) in [7, 11) is 0. The predicted molar refractivity (Wildman–Crippen MR) is 115 cm³/mol. The first-order valence-corrected chi connectivity index (χ1v) is 10.4. The van der Waals surface area contributed by atoms with Gasteiger partial charge in [-0.3, -0.25) is 9.59 Å². The number of ether oxygens (including phenoxy) is 1. The maximum atomic E-state index is 12.8.